The van der Waals surface area contributed by atoms with Crippen molar-refractivity contribution >= 4 is 44.9 Å². The summed E-state index contributed by atoms with van der Waals surface area (Å²) >= 11 is 9.28. The Morgan fingerprint density at radius 2 is 2.08 bits per heavy atom. The van der Waals surface area contributed by atoms with E-state index in [1.165, 1.54) is 11.3 Å². The Kier molecular flexibility index (Phi) is 5.98. The molecule has 0 unspecified atom stereocenters. The number of halogens is 1. The van der Waals surface area contributed by atoms with Gasteiger partial charge < -0.3 is 0 Å². The third kappa shape index (κ3) is 3.85. The number of thiophene rings is 1. The van der Waals surface area contributed by atoms with E-state index in [0.29, 0.717) is 5.75 Å². The van der Waals surface area contributed by atoms with E-state index in [1.54, 1.807) is 11.8 Å². The van der Waals surface area contributed by atoms with E-state index in [-0.39, 0.29) is 5.56 Å². The molecule has 3 aromatic rings. The zero-order valence-corrected chi connectivity index (χ0v) is 15.9. The molecule has 3 nitrogen and oxygen atoms in total. The quantitative estimate of drug-likeness (QED) is 0.305. The van der Waals surface area contributed by atoms with Crippen LogP contribution in [0.1, 0.15) is 31.7 Å². The van der Waals surface area contributed by atoms with Crippen molar-refractivity contribution < 1.29 is 0 Å². The molecule has 0 aliphatic carbocycles. The lowest BCUT2D eigenvalue weighted by Crippen LogP contribution is -2.22. The minimum Gasteiger partial charge on any atom is -0.286 e. The summed E-state index contributed by atoms with van der Waals surface area (Å²) in [5, 5.41) is 3.46. The molecule has 0 saturated heterocycles. The van der Waals surface area contributed by atoms with Crippen molar-refractivity contribution in [2.45, 2.75) is 43.6 Å². The molecule has 3 rings (SSSR count). The number of unbranched alkanes of at least 4 members (excludes halogenated alkanes) is 2. The number of fused-ring (bicyclic) bond motifs is 1. The molecule has 0 N–H and O–H groups in total. The number of aromatic nitrogens is 2. The molecule has 0 radical (unpaired) electrons. The van der Waals surface area contributed by atoms with E-state index < -0.39 is 0 Å². The van der Waals surface area contributed by atoms with Crippen LogP contribution in [-0.4, -0.2) is 9.55 Å². The Morgan fingerprint density at radius 1 is 1.25 bits per heavy atom. The first kappa shape index (κ1) is 17.5. The summed E-state index contributed by atoms with van der Waals surface area (Å²) in [7, 11) is 0. The fourth-order valence-electron chi connectivity index (χ4n) is 2.51. The molecule has 0 fully saturated rings. The lowest BCUT2D eigenvalue weighted by Gasteiger charge is -2.12. The third-order valence-electron chi connectivity index (χ3n) is 3.83. The average molecular weight is 379 g/mol. The highest BCUT2D eigenvalue weighted by Crippen LogP contribution is 2.27. The van der Waals surface area contributed by atoms with Crippen molar-refractivity contribution in [1.82, 2.24) is 9.55 Å². The first-order valence-electron chi connectivity index (χ1n) is 8.05. The van der Waals surface area contributed by atoms with Gasteiger partial charge >= 0.3 is 0 Å². The van der Waals surface area contributed by atoms with E-state index >= 15 is 0 Å². The number of rotatable bonds is 7. The lowest BCUT2D eigenvalue weighted by atomic mass is 10.2. The van der Waals surface area contributed by atoms with Gasteiger partial charge in [0.05, 0.1) is 5.52 Å². The van der Waals surface area contributed by atoms with Crippen molar-refractivity contribution in [3.8, 4) is 0 Å². The van der Waals surface area contributed by atoms with E-state index in [9.17, 15) is 4.79 Å². The van der Waals surface area contributed by atoms with Crippen LogP contribution in [0.3, 0.4) is 0 Å². The topological polar surface area (TPSA) is 34.9 Å². The zero-order chi connectivity index (χ0) is 16.9. The molecule has 126 valence electrons. The van der Waals surface area contributed by atoms with Gasteiger partial charge in [-0.3, -0.25) is 9.36 Å². The summed E-state index contributed by atoms with van der Waals surface area (Å²) in [5.74, 6) is 0.704. The van der Waals surface area contributed by atoms with E-state index in [4.69, 9.17) is 16.6 Å². The number of hydrogen-bond donors (Lipinski definition) is 0. The highest BCUT2D eigenvalue weighted by Gasteiger charge is 2.13. The molecule has 2 aromatic heterocycles. The van der Waals surface area contributed by atoms with Gasteiger partial charge in [0.25, 0.3) is 5.56 Å². The van der Waals surface area contributed by atoms with Crippen LogP contribution in [0.25, 0.3) is 10.2 Å². The maximum Gasteiger partial charge on any atom is 0.272 e. The second-order valence-electron chi connectivity index (χ2n) is 5.57. The fourth-order valence-corrected chi connectivity index (χ4v) is 4.60. The van der Waals surface area contributed by atoms with Crippen LogP contribution in [0.2, 0.25) is 5.02 Å². The molecule has 0 aliphatic heterocycles. The van der Waals surface area contributed by atoms with Gasteiger partial charge in [-0.25, -0.2) is 4.98 Å². The summed E-state index contributed by atoms with van der Waals surface area (Å²) < 4.78 is 2.57. The first-order valence-corrected chi connectivity index (χ1v) is 10.3. The van der Waals surface area contributed by atoms with Crippen LogP contribution in [0.4, 0.5) is 0 Å². The molecule has 0 bridgehead atoms. The van der Waals surface area contributed by atoms with Gasteiger partial charge in [0.2, 0.25) is 0 Å². The van der Waals surface area contributed by atoms with Crippen molar-refractivity contribution in [3.63, 3.8) is 0 Å². The van der Waals surface area contributed by atoms with Crippen molar-refractivity contribution in [2.75, 3.05) is 0 Å². The molecule has 1 aromatic carbocycles. The Balaban J connectivity index is 1.91. The average Bonchev–Trinajstić information content (AvgIpc) is 3.05. The number of hydrogen-bond acceptors (Lipinski definition) is 4. The lowest BCUT2D eigenvalue weighted by molar-refractivity contribution is 0.542. The second kappa shape index (κ2) is 8.19. The number of nitrogens with zero attached hydrogens (tertiary/aromatic N) is 2. The molecule has 0 atom stereocenters. The van der Waals surface area contributed by atoms with E-state index in [1.807, 2.05) is 40.3 Å². The third-order valence-corrected chi connectivity index (χ3v) is 6.12. The maximum atomic E-state index is 12.8. The summed E-state index contributed by atoms with van der Waals surface area (Å²) in [4.78, 5) is 17.5. The molecule has 0 saturated carbocycles. The van der Waals surface area contributed by atoms with Gasteiger partial charge in [-0.1, -0.05) is 61.3 Å². The minimum atomic E-state index is 0.0766. The smallest absolute Gasteiger partial charge is 0.272 e. The van der Waals surface area contributed by atoms with Crippen LogP contribution >= 0.6 is 34.7 Å². The molecule has 0 amide bonds. The standard InChI is InChI=1S/C18H19ClN2OS2/c1-2-3-6-10-21-17(22)16-15(9-11-23-16)20-18(21)24-12-13-7-4-5-8-14(13)19/h4-5,7-9,11H,2-3,6,10,12H2,1H3. The molecule has 0 aliphatic rings. The van der Waals surface area contributed by atoms with Crippen LogP contribution in [0, 0.1) is 0 Å². The molecule has 24 heavy (non-hydrogen) atoms. The number of thioether (sulfide) groups is 1. The fraction of sp³-hybridized carbons (Fsp3) is 0.333. The molecular formula is C18H19ClN2OS2. The summed E-state index contributed by atoms with van der Waals surface area (Å²) in [6.07, 6.45) is 3.24. The van der Waals surface area contributed by atoms with Crippen molar-refractivity contribution in [2.24, 2.45) is 0 Å². The Morgan fingerprint density at radius 3 is 2.88 bits per heavy atom. The van der Waals surface area contributed by atoms with E-state index in [0.717, 1.165) is 51.8 Å². The molecule has 6 heteroatoms. The van der Waals surface area contributed by atoms with Gasteiger partial charge in [0.1, 0.15) is 4.70 Å². The summed E-state index contributed by atoms with van der Waals surface area (Å²) in [6.45, 7) is 2.88. The van der Waals surface area contributed by atoms with Gasteiger partial charge in [-0.15, -0.1) is 11.3 Å². The molecule has 0 spiro atoms. The Hall–Kier alpha value is -1.30. The van der Waals surface area contributed by atoms with Gasteiger partial charge in [-0.2, -0.15) is 0 Å². The molecule has 2 heterocycles. The molecular weight excluding hydrogens is 360 g/mol. The second-order valence-corrected chi connectivity index (χ2v) is 7.84. The minimum absolute atomic E-state index is 0.0766. The van der Waals surface area contributed by atoms with Gasteiger partial charge in [-0.05, 0) is 29.5 Å². The number of benzene rings is 1. The van der Waals surface area contributed by atoms with Gasteiger partial charge in [0, 0.05) is 17.3 Å². The highest BCUT2D eigenvalue weighted by molar-refractivity contribution is 7.98. The Bertz CT molecular complexity index is 888. The van der Waals surface area contributed by atoms with Crippen molar-refractivity contribution in [3.05, 3.63) is 56.7 Å². The van der Waals surface area contributed by atoms with Gasteiger partial charge in [0.15, 0.2) is 5.16 Å². The van der Waals surface area contributed by atoms with Crippen molar-refractivity contribution in [1.29, 1.82) is 0 Å². The van der Waals surface area contributed by atoms with Crippen LogP contribution in [0.5, 0.6) is 0 Å². The predicted molar refractivity (Wildman–Crippen MR) is 104 cm³/mol. The zero-order valence-electron chi connectivity index (χ0n) is 13.5. The predicted octanol–water partition coefficient (Wildman–Crippen LogP) is 5.59. The first-order chi connectivity index (χ1) is 11.7. The SMILES string of the molecule is CCCCCn1c(SCc2ccccc2Cl)nc2ccsc2c1=O. The van der Waals surface area contributed by atoms with Crippen LogP contribution in [-0.2, 0) is 12.3 Å². The summed E-state index contributed by atoms with van der Waals surface area (Å²) in [6, 6.07) is 9.72. The van der Waals surface area contributed by atoms with E-state index in [2.05, 4.69) is 6.92 Å². The highest BCUT2D eigenvalue weighted by atomic mass is 35.5. The Labute approximate surface area is 154 Å². The normalized spacial score (nSPS) is 11.2. The largest absolute Gasteiger partial charge is 0.286 e. The van der Waals surface area contributed by atoms with Crippen LogP contribution < -0.4 is 5.56 Å². The monoisotopic (exact) mass is 378 g/mol. The van der Waals surface area contributed by atoms with Crippen LogP contribution in [0.15, 0.2) is 45.7 Å². The maximum absolute atomic E-state index is 12.8. The summed E-state index contributed by atoms with van der Waals surface area (Å²) in [5.41, 5.74) is 1.93.